The molecule has 0 saturated heterocycles. The van der Waals surface area contributed by atoms with Crippen LogP contribution in [0.2, 0.25) is 0 Å². The Morgan fingerprint density at radius 1 is 1.60 bits per heavy atom. The number of nitrogen functional groups attached to an aromatic ring is 1. The molecular formula is C10H13BrN2OS. The normalized spacial score (nSPS) is 10.3. The van der Waals surface area contributed by atoms with Gasteiger partial charge in [-0.2, -0.15) is 0 Å². The second kappa shape index (κ2) is 6.15. The molecule has 0 aliphatic carbocycles. The Morgan fingerprint density at radius 3 is 2.87 bits per heavy atom. The molecule has 0 bridgehead atoms. The third-order valence-corrected chi connectivity index (χ3v) is 3.40. The lowest BCUT2D eigenvalue weighted by atomic mass is 10.2. The molecule has 0 spiro atoms. The van der Waals surface area contributed by atoms with Gasteiger partial charge < -0.3 is 10.5 Å². The smallest absolute Gasteiger partial charge is 0.123 e. The molecule has 3 nitrogen and oxygen atoms in total. The molecule has 0 saturated carbocycles. The summed E-state index contributed by atoms with van der Waals surface area (Å²) < 4.78 is 5.83. The highest BCUT2D eigenvalue weighted by Crippen LogP contribution is 2.24. The van der Waals surface area contributed by atoms with Gasteiger partial charge in [-0.05, 0) is 34.1 Å². The lowest BCUT2D eigenvalue weighted by Crippen LogP contribution is -2.11. The maximum absolute atomic E-state index is 7.34. The van der Waals surface area contributed by atoms with E-state index >= 15 is 0 Å². The van der Waals surface area contributed by atoms with Gasteiger partial charge in [0.1, 0.15) is 5.84 Å². The molecule has 0 aliphatic heterocycles. The van der Waals surface area contributed by atoms with Gasteiger partial charge in [-0.3, -0.25) is 5.41 Å². The Morgan fingerprint density at radius 2 is 2.33 bits per heavy atom. The average molecular weight is 289 g/mol. The molecule has 1 aromatic rings. The van der Waals surface area contributed by atoms with Crippen molar-refractivity contribution in [3.05, 3.63) is 28.2 Å². The Balaban J connectivity index is 2.69. The molecular weight excluding hydrogens is 276 g/mol. The minimum Gasteiger partial charge on any atom is -0.384 e. The van der Waals surface area contributed by atoms with Gasteiger partial charge in [0.05, 0.1) is 6.61 Å². The summed E-state index contributed by atoms with van der Waals surface area (Å²) >= 11 is 5.10. The van der Waals surface area contributed by atoms with E-state index in [1.165, 1.54) is 0 Å². The lowest BCUT2D eigenvalue weighted by Gasteiger charge is -2.05. The SMILES string of the molecule is COCCSc1ccc(C(=N)N)c(Br)c1. The fourth-order valence-corrected chi connectivity index (χ4v) is 2.64. The molecule has 0 radical (unpaired) electrons. The number of nitrogens with one attached hydrogen (secondary N) is 1. The van der Waals surface area contributed by atoms with E-state index in [9.17, 15) is 0 Å². The summed E-state index contributed by atoms with van der Waals surface area (Å²) in [5.41, 5.74) is 6.14. The average Bonchev–Trinajstić information content (AvgIpc) is 2.17. The third-order valence-electron chi connectivity index (χ3n) is 1.79. The van der Waals surface area contributed by atoms with Gasteiger partial charge in [0, 0.05) is 27.8 Å². The van der Waals surface area contributed by atoms with Gasteiger partial charge in [0.2, 0.25) is 0 Å². The number of thioether (sulfide) groups is 1. The van der Waals surface area contributed by atoms with Crippen LogP contribution in [0.15, 0.2) is 27.6 Å². The maximum atomic E-state index is 7.34. The number of ether oxygens (including phenoxy) is 1. The van der Waals surface area contributed by atoms with Crippen molar-refractivity contribution in [2.75, 3.05) is 19.5 Å². The number of hydrogen-bond donors (Lipinski definition) is 2. The summed E-state index contributed by atoms with van der Waals surface area (Å²) in [6, 6.07) is 5.78. The first kappa shape index (κ1) is 12.5. The largest absolute Gasteiger partial charge is 0.384 e. The molecule has 5 heteroatoms. The molecule has 0 unspecified atom stereocenters. The van der Waals surface area contributed by atoms with Gasteiger partial charge in [0.15, 0.2) is 0 Å². The van der Waals surface area contributed by atoms with Crippen molar-refractivity contribution in [2.24, 2.45) is 5.73 Å². The number of halogens is 1. The number of benzene rings is 1. The highest BCUT2D eigenvalue weighted by molar-refractivity contribution is 9.10. The lowest BCUT2D eigenvalue weighted by molar-refractivity contribution is 0.218. The van der Waals surface area contributed by atoms with Gasteiger partial charge in [-0.1, -0.05) is 0 Å². The highest BCUT2D eigenvalue weighted by Gasteiger charge is 2.04. The molecule has 0 atom stereocenters. The van der Waals surface area contributed by atoms with Crippen molar-refractivity contribution < 1.29 is 4.74 Å². The van der Waals surface area contributed by atoms with Crippen LogP contribution >= 0.6 is 27.7 Å². The number of rotatable bonds is 5. The molecule has 0 heterocycles. The Bertz CT molecular complexity index is 357. The van der Waals surface area contributed by atoms with E-state index in [2.05, 4.69) is 15.9 Å². The number of hydrogen-bond acceptors (Lipinski definition) is 3. The summed E-state index contributed by atoms with van der Waals surface area (Å²) in [5, 5.41) is 7.34. The first-order valence-corrected chi connectivity index (χ1v) is 6.18. The Labute approximate surface area is 102 Å². The fourth-order valence-electron chi connectivity index (χ4n) is 1.05. The van der Waals surface area contributed by atoms with Crippen LogP contribution in [0, 0.1) is 5.41 Å². The van der Waals surface area contributed by atoms with E-state index in [1.807, 2.05) is 18.2 Å². The first-order chi connectivity index (χ1) is 7.15. The zero-order valence-electron chi connectivity index (χ0n) is 8.42. The monoisotopic (exact) mass is 288 g/mol. The fraction of sp³-hybridized carbons (Fsp3) is 0.300. The maximum Gasteiger partial charge on any atom is 0.123 e. The van der Waals surface area contributed by atoms with Crippen LogP contribution in [-0.4, -0.2) is 25.3 Å². The summed E-state index contributed by atoms with van der Waals surface area (Å²) in [7, 11) is 1.69. The molecule has 1 aromatic carbocycles. The molecule has 82 valence electrons. The van der Waals surface area contributed by atoms with Crippen molar-refractivity contribution >= 4 is 33.5 Å². The van der Waals surface area contributed by atoms with E-state index in [0.717, 1.165) is 27.3 Å². The summed E-state index contributed by atoms with van der Waals surface area (Å²) in [5.74, 6) is 0.998. The van der Waals surface area contributed by atoms with Crippen LogP contribution < -0.4 is 5.73 Å². The van der Waals surface area contributed by atoms with Crippen molar-refractivity contribution in [1.29, 1.82) is 5.41 Å². The van der Waals surface area contributed by atoms with Gasteiger partial charge in [-0.25, -0.2) is 0 Å². The van der Waals surface area contributed by atoms with E-state index in [1.54, 1.807) is 18.9 Å². The molecule has 3 N–H and O–H groups in total. The minimum absolute atomic E-state index is 0.0790. The number of methoxy groups -OCH3 is 1. The standard InChI is InChI=1S/C10H13BrN2OS/c1-14-4-5-15-7-2-3-8(10(12)13)9(11)6-7/h2-3,6H,4-5H2,1H3,(H3,12,13). The van der Waals surface area contributed by atoms with Crippen LogP contribution in [0.5, 0.6) is 0 Å². The molecule has 15 heavy (non-hydrogen) atoms. The Kier molecular flexibility index (Phi) is 5.14. The van der Waals surface area contributed by atoms with Crippen molar-refractivity contribution in [2.45, 2.75) is 4.90 Å². The second-order valence-corrected chi connectivity index (χ2v) is 4.92. The minimum atomic E-state index is 0.0790. The Hall–Kier alpha value is -0.520. The van der Waals surface area contributed by atoms with Crippen LogP contribution in [-0.2, 0) is 4.74 Å². The molecule has 0 aromatic heterocycles. The predicted molar refractivity (Wildman–Crippen MR) is 67.8 cm³/mol. The quantitative estimate of drug-likeness (QED) is 0.379. The molecule has 0 fully saturated rings. The zero-order chi connectivity index (χ0) is 11.3. The van der Waals surface area contributed by atoms with Gasteiger partial charge in [-0.15, -0.1) is 11.8 Å². The first-order valence-electron chi connectivity index (χ1n) is 4.41. The zero-order valence-corrected chi connectivity index (χ0v) is 10.8. The number of nitrogens with two attached hydrogens (primary N) is 1. The van der Waals surface area contributed by atoms with Crippen LogP contribution in [0.1, 0.15) is 5.56 Å². The van der Waals surface area contributed by atoms with Crippen molar-refractivity contribution in [3.63, 3.8) is 0 Å². The van der Waals surface area contributed by atoms with Crippen molar-refractivity contribution in [3.8, 4) is 0 Å². The number of amidine groups is 1. The molecule has 0 amide bonds. The predicted octanol–water partition coefficient (Wildman–Crippen LogP) is 2.47. The van der Waals surface area contributed by atoms with Crippen molar-refractivity contribution in [1.82, 2.24) is 0 Å². The molecule has 1 rings (SSSR count). The third kappa shape index (κ3) is 3.85. The van der Waals surface area contributed by atoms with Gasteiger partial charge in [0.25, 0.3) is 0 Å². The summed E-state index contributed by atoms with van der Waals surface area (Å²) in [6.07, 6.45) is 0. The van der Waals surface area contributed by atoms with E-state index in [-0.39, 0.29) is 5.84 Å². The second-order valence-electron chi connectivity index (χ2n) is 2.90. The van der Waals surface area contributed by atoms with Crippen LogP contribution in [0.3, 0.4) is 0 Å². The van der Waals surface area contributed by atoms with E-state index in [4.69, 9.17) is 15.9 Å². The highest BCUT2D eigenvalue weighted by atomic mass is 79.9. The summed E-state index contributed by atoms with van der Waals surface area (Å²) in [4.78, 5) is 1.14. The van der Waals surface area contributed by atoms with E-state index in [0.29, 0.717) is 0 Å². The van der Waals surface area contributed by atoms with E-state index < -0.39 is 0 Å². The van der Waals surface area contributed by atoms with Crippen LogP contribution in [0.25, 0.3) is 0 Å². The van der Waals surface area contributed by atoms with Gasteiger partial charge >= 0.3 is 0 Å². The topological polar surface area (TPSA) is 59.1 Å². The molecule has 0 aliphatic rings. The summed E-state index contributed by atoms with van der Waals surface area (Å²) in [6.45, 7) is 0.733. The van der Waals surface area contributed by atoms with Crippen LogP contribution in [0.4, 0.5) is 0 Å².